The van der Waals surface area contributed by atoms with Gasteiger partial charge in [-0.1, -0.05) is 32.1 Å². The molecule has 17 heavy (non-hydrogen) atoms. The van der Waals surface area contributed by atoms with Gasteiger partial charge in [0.15, 0.2) is 5.82 Å². The number of nitrogens with zero attached hydrogens (tertiary/aromatic N) is 1. The molecule has 0 spiro atoms. The van der Waals surface area contributed by atoms with Crippen LogP contribution in [0.15, 0.2) is 4.90 Å². The summed E-state index contributed by atoms with van der Waals surface area (Å²) in [6.07, 6.45) is 10.5. The average molecular weight is 271 g/mol. The maximum absolute atomic E-state index is 5.80. The summed E-state index contributed by atoms with van der Waals surface area (Å²) in [6, 6.07) is 0. The van der Waals surface area contributed by atoms with Crippen LogP contribution in [0.4, 0.5) is 10.8 Å². The van der Waals surface area contributed by atoms with Crippen LogP contribution in [0.5, 0.6) is 0 Å². The molecule has 2 rings (SSSR count). The van der Waals surface area contributed by atoms with E-state index >= 15 is 0 Å². The van der Waals surface area contributed by atoms with Gasteiger partial charge < -0.3 is 11.1 Å². The number of rotatable bonds is 5. The lowest BCUT2D eigenvalue weighted by Gasteiger charge is -2.21. The molecule has 1 aliphatic carbocycles. The molecule has 1 heterocycles. The standard InChI is InChI=1S/C12H21N3S2/c1-16-10-11(13)15-17-12(10)14-8-7-9-5-3-2-4-6-9/h9,14H,2-8H2,1H3,(H2,13,15). The van der Waals surface area contributed by atoms with Crippen LogP contribution >= 0.6 is 23.3 Å². The maximum Gasteiger partial charge on any atom is 0.153 e. The van der Waals surface area contributed by atoms with Crippen molar-refractivity contribution in [3.8, 4) is 0 Å². The van der Waals surface area contributed by atoms with Gasteiger partial charge in [0.1, 0.15) is 5.00 Å². The summed E-state index contributed by atoms with van der Waals surface area (Å²) in [6.45, 7) is 1.06. The minimum Gasteiger partial charge on any atom is -0.382 e. The number of aromatic nitrogens is 1. The van der Waals surface area contributed by atoms with Gasteiger partial charge in [0.2, 0.25) is 0 Å². The predicted molar refractivity (Wildman–Crippen MR) is 78.0 cm³/mol. The molecule has 0 aliphatic heterocycles. The Bertz CT molecular complexity index is 346. The van der Waals surface area contributed by atoms with Crippen LogP contribution in [0.3, 0.4) is 0 Å². The molecule has 0 atom stereocenters. The minimum atomic E-state index is 0.669. The lowest BCUT2D eigenvalue weighted by Crippen LogP contribution is -2.11. The van der Waals surface area contributed by atoms with E-state index in [1.54, 1.807) is 11.8 Å². The van der Waals surface area contributed by atoms with E-state index in [2.05, 4.69) is 9.69 Å². The first-order valence-corrected chi connectivity index (χ1v) is 8.34. The van der Waals surface area contributed by atoms with Crippen molar-refractivity contribution in [1.29, 1.82) is 0 Å². The maximum atomic E-state index is 5.80. The second kappa shape index (κ2) is 6.50. The van der Waals surface area contributed by atoms with E-state index in [9.17, 15) is 0 Å². The van der Waals surface area contributed by atoms with Crippen molar-refractivity contribution < 1.29 is 0 Å². The Hall–Kier alpha value is -0.420. The molecule has 1 aromatic rings. The minimum absolute atomic E-state index is 0.669. The van der Waals surface area contributed by atoms with Crippen molar-refractivity contribution in [1.82, 2.24) is 4.37 Å². The van der Waals surface area contributed by atoms with Gasteiger partial charge in [0.25, 0.3) is 0 Å². The molecule has 1 aliphatic rings. The van der Waals surface area contributed by atoms with Crippen LogP contribution in [0.1, 0.15) is 38.5 Å². The number of nitrogens with one attached hydrogen (secondary N) is 1. The summed E-state index contributed by atoms with van der Waals surface area (Å²) in [5.41, 5.74) is 5.80. The zero-order valence-electron chi connectivity index (χ0n) is 10.4. The van der Waals surface area contributed by atoms with Crippen molar-refractivity contribution in [2.45, 2.75) is 43.4 Å². The largest absolute Gasteiger partial charge is 0.382 e. The Kier molecular flexibility index (Phi) is 4.98. The van der Waals surface area contributed by atoms with Crippen LogP contribution < -0.4 is 11.1 Å². The molecule has 1 aromatic heterocycles. The van der Waals surface area contributed by atoms with Gasteiger partial charge in [0.05, 0.1) is 4.90 Å². The summed E-state index contributed by atoms with van der Waals surface area (Å²) in [5, 5.41) is 4.63. The third kappa shape index (κ3) is 3.52. The zero-order chi connectivity index (χ0) is 12.1. The number of hydrogen-bond acceptors (Lipinski definition) is 5. The predicted octanol–water partition coefficient (Wildman–Crippen LogP) is 3.83. The lowest BCUT2D eigenvalue weighted by atomic mass is 9.87. The fraction of sp³-hybridized carbons (Fsp3) is 0.750. The Balaban J connectivity index is 1.77. The highest BCUT2D eigenvalue weighted by Gasteiger charge is 2.14. The van der Waals surface area contributed by atoms with Crippen LogP contribution in [0, 0.1) is 5.92 Å². The molecule has 0 radical (unpaired) electrons. The molecule has 5 heteroatoms. The van der Waals surface area contributed by atoms with E-state index in [0.717, 1.165) is 22.4 Å². The van der Waals surface area contributed by atoms with Crippen LogP contribution in [0.2, 0.25) is 0 Å². The third-order valence-electron chi connectivity index (χ3n) is 3.44. The summed E-state index contributed by atoms with van der Waals surface area (Å²) in [7, 11) is 0. The van der Waals surface area contributed by atoms with Crippen LogP contribution in [0.25, 0.3) is 0 Å². The molecule has 96 valence electrons. The molecule has 1 saturated carbocycles. The van der Waals surface area contributed by atoms with Gasteiger partial charge in [-0.25, -0.2) is 0 Å². The topological polar surface area (TPSA) is 50.9 Å². The monoisotopic (exact) mass is 271 g/mol. The van der Waals surface area contributed by atoms with Gasteiger partial charge in [-0.05, 0) is 30.1 Å². The Labute approximate surface area is 112 Å². The Morgan fingerprint density at radius 3 is 2.88 bits per heavy atom. The van der Waals surface area contributed by atoms with Gasteiger partial charge in [-0.2, -0.15) is 4.37 Å². The first-order chi connectivity index (χ1) is 8.31. The Morgan fingerprint density at radius 1 is 1.41 bits per heavy atom. The van der Waals surface area contributed by atoms with Crippen molar-refractivity contribution in [2.75, 3.05) is 23.9 Å². The van der Waals surface area contributed by atoms with E-state index in [1.807, 2.05) is 6.26 Å². The van der Waals surface area contributed by atoms with Crippen molar-refractivity contribution >= 4 is 34.1 Å². The smallest absolute Gasteiger partial charge is 0.153 e. The van der Waals surface area contributed by atoms with Crippen molar-refractivity contribution in [2.24, 2.45) is 5.92 Å². The second-order valence-corrected chi connectivity index (χ2v) is 6.24. The summed E-state index contributed by atoms with van der Waals surface area (Å²) in [4.78, 5) is 1.11. The zero-order valence-corrected chi connectivity index (χ0v) is 12.0. The number of nitrogen functional groups attached to an aromatic ring is 1. The first-order valence-electron chi connectivity index (χ1n) is 6.34. The van der Waals surface area contributed by atoms with E-state index < -0.39 is 0 Å². The van der Waals surface area contributed by atoms with Crippen LogP contribution in [-0.4, -0.2) is 17.2 Å². The van der Waals surface area contributed by atoms with Crippen molar-refractivity contribution in [3.05, 3.63) is 0 Å². The van der Waals surface area contributed by atoms with Crippen molar-refractivity contribution in [3.63, 3.8) is 0 Å². The molecule has 0 unspecified atom stereocenters. The molecular formula is C12H21N3S2. The lowest BCUT2D eigenvalue weighted by molar-refractivity contribution is 0.345. The molecule has 3 N–H and O–H groups in total. The van der Waals surface area contributed by atoms with E-state index in [-0.39, 0.29) is 0 Å². The number of nitrogens with two attached hydrogens (primary N) is 1. The van der Waals surface area contributed by atoms with Gasteiger partial charge in [0, 0.05) is 6.54 Å². The normalized spacial score (nSPS) is 17.2. The van der Waals surface area contributed by atoms with E-state index in [0.29, 0.717) is 5.82 Å². The van der Waals surface area contributed by atoms with E-state index in [4.69, 9.17) is 5.73 Å². The van der Waals surface area contributed by atoms with Crippen LogP contribution in [-0.2, 0) is 0 Å². The highest BCUT2D eigenvalue weighted by molar-refractivity contribution is 7.99. The quantitative estimate of drug-likeness (QED) is 0.799. The first kappa shape index (κ1) is 13.0. The second-order valence-electron chi connectivity index (χ2n) is 4.65. The highest BCUT2D eigenvalue weighted by Crippen LogP contribution is 2.35. The SMILES string of the molecule is CSc1c(N)nsc1NCCC1CCCCC1. The third-order valence-corrected chi connectivity index (χ3v) is 5.21. The van der Waals surface area contributed by atoms with E-state index in [1.165, 1.54) is 50.1 Å². The summed E-state index contributed by atoms with van der Waals surface area (Å²) in [5.74, 6) is 1.60. The Morgan fingerprint density at radius 2 is 2.18 bits per heavy atom. The fourth-order valence-electron chi connectivity index (χ4n) is 2.47. The number of hydrogen-bond donors (Lipinski definition) is 2. The molecule has 0 aromatic carbocycles. The van der Waals surface area contributed by atoms with Gasteiger partial charge >= 0.3 is 0 Å². The number of anilines is 2. The highest BCUT2D eigenvalue weighted by atomic mass is 32.2. The molecule has 0 bridgehead atoms. The molecule has 3 nitrogen and oxygen atoms in total. The number of thioether (sulfide) groups is 1. The fourth-order valence-corrected chi connectivity index (χ4v) is 4.04. The molecule has 0 saturated heterocycles. The summed E-state index contributed by atoms with van der Waals surface area (Å²) < 4.78 is 4.19. The van der Waals surface area contributed by atoms with Gasteiger partial charge in [-0.15, -0.1) is 11.8 Å². The summed E-state index contributed by atoms with van der Waals surface area (Å²) >= 11 is 3.16. The van der Waals surface area contributed by atoms with Gasteiger partial charge in [-0.3, -0.25) is 0 Å². The molecule has 1 fully saturated rings. The molecule has 0 amide bonds. The molecular weight excluding hydrogens is 250 g/mol. The average Bonchev–Trinajstić information content (AvgIpc) is 2.71.